The number of rotatable bonds is 2. The average molecular weight is 345 g/mol. The standard InChI is InChI=1S/C17H19N3OS2/c1-2-19-9-8-12-13(10-19)23-15-14(12)16(21)20(17(22)18-15)11-6-4-3-5-7-11/h3-7,14-15H,2,8-10H2,1H3,(H,18,22). The van der Waals surface area contributed by atoms with Crippen molar-refractivity contribution < 1.29 is 4.79 Å². The van der Waals surface area contributed by atoms with Crippen molar-refractivity contribution in [2.75, 3.05) is 24.5 Å². The van der Waals surface area contributed by atoms with Gasteiger partial charge in [0.15, 0.2) is 5.11 Å². The van der Waals surface area contributed by atoms with E-state index >= 15 is 0 Å². The van der Waals surface area contributed by atoms with E-state index in [2.05, 4.69) is 17.1 Å². The van der Waals surface area contributed by atoms with Gasteiger partial charge in [-0.05, 0) is 42.9 Å². The molecule has 1 aromatic rings. The predicted molar refractivity (Wildman–Crippen MR) is 98.3 cm³/mol. The first-order valence-electron chi connectivity index (χ1n) is 7.99. The van der Waals surface area contributed by atoms with E-state index in [0.29, 0.717) is 5.11 Å². The molecule has 1 saturated heterocycles. The number of nitrogens with one attached hydrogen (secondary N) is 1. The number of amides is 1. The number of thiocarbonyl (C=S) groups is 1. The van der Waals surface area contributed by atoms with E-state index in [1.54, 1.807) is 16.7 Å². The van der Waals surface area contributed by atoms with Crippen LogP contribution in [0.4, 0.5) is 5.69 Å². The van der Waals surface area contributed by atoms with Gasteiger partial charge in [-0.2, -0.15) is 0 Å². The zero-order valence-electron chi connectivity index (χ0n) is 13.0. The van der Waals surface area contributed by atoms with Gasteiger partial charge in [-0.25, -0.2) is 0 Å². The van der Waals surface area contributed by atoms with Gasteiger partial charge in [0.05, 0.1) is 17.0 Å². The highest BCUT2D eigenvalue weighted by atomic mass is 32.2. The number of nitrogens with zero attached hydrogens (tertiary/aromatic N) is 2. The lowest BCUT2D eigenvalue weighted by atomic mass is 9.91. The summed E-state index contributed by atoms with van der Waals surface area (Å²) < 4.78 is 0. The minimum Gasteiger partial charge on any atom is -0.349 e. The number of likely N-dealkylation sites (N-methyl/N-ethyl adjacent to an activating group) is 1. The molecule has 23 heavy (non-hydrogen) atoms. The Morgan fingerprint density at radius 1 is 1.35 bits per heavy atom. The number of thioether (sulfide) groups is 1. The lowest BCUT2D eigenvalue weighted by Gasteiger charge is -2.37. The fourth-order valence-corrected chi connectivity index (χ4v) is 5.48. The second-order valence-corrected chi connectivity index (χ2v) is 7.67. The Morgan fingerprint density at radius 2 is 2.13 bits per heavy atom. The van der Waals surface area contributed by atoms with Crippen LogP contribution < -0.4 is 10.2 Å². The van der Waals surface area contributed by atoms with Crippen LogP contribution in [0.3, 0.4) is 0 Å². The predicted octanol–water partition coefficient (Wildman–Crippen LogP) is 2.58. The number of hydrogen-bond donors (Lipinski definition) is 1. The molecule has 1 amide bonds. The summed E-state index contributed by atoms with van der Waals surface area (Å²) in [5, 5.41) is 3.97. The molecule has 2 atom stereocenters. The number of benzene rings is 1. The lowest BCUT2D eigenvalue weighted by molar-refractivity contribution is -0.121. The summed E-state index contributed by atoms with van der Waals surface area (Å²) in [6.07, 6.45) is 0.986. The molecule has 6 heteroatoms. The van der Waals surface area contributed by atoms with Gasteiger partial charge in [0.25, 0.3) is 0 Å². The average Bonchev–Trinajstić information content (AvgIpc) is 2.92. The van der Waals surface area contributed by atoms with Crippen molar-refractivity contribution in [2.45, 2.75) is 18.7 Å². The van der Waals surface area contributed by atoms with Crippen LogP contribution in [0.15, 0.2) is 40.8 Å². The molecule has 0 saturated carbocycles. The minimum atomic E-state index is -0.0825. The third kappa shape index (κ3) is 2.49. The van der Waals surface area contributed by atoms with Crippen molar-refractivity contribution in [2.24, 2.45) is 5.92 Å². The van der Waals surface area contributed by atoms with Crippen LogP contribution in [0.2, 0.25) is 0 Å². The van der Waals surface area contributed by atoms with Crippen molar-refractivity contribution in [3.8, 4) is 0 Å². The lowest BCUT2D eigenvalue weighted by Crippen LogP contribution is -2.58. The highest BCUT2D eigenvalue weighted by Crippen LogP contribution is 2.47. The summed E-state index contributed by atoms with van der Waals surface area (Å²) in [6.45, 7) is 5.26. The van der Waals surface area contributed by atoms with Gasteiger partial charge < -0.3 is 5.32 Å². The summed E-state index contributed by atoms with van der Waals surface area (Å²) >= 11 is 7.27. The van der Waals surface area contributed by atoms with Gasteiger partial charge in [0, 0.05) is 18.0 Å². The van der Waals surface area contributed by atoms with Gasteiger partial charge in [-0.15, -0.1) is 11.8 Å². The Kier molecular flexibility index (Phi) is 3.91. The molecule has 0 bridgehead atoms. The van der Waals surface area contributed by atoms with E-state index in [-0.39, 0.29) is 17.2 Å². The van der Waals surface area contributed by atoms with Crippen LogP contribution in [-0.4, -0.2) is 40.9 Å². The van der Waals surface area contributed by atoms with Crippen LogP contribution in [-0.2, 0) is 4.79 Å². The van der Waals surface area contributed by atoms with E-state index in [4.69, 9.17) is 12.2 Å². The van der Waals surface area contributed by atoms with Crippen LogP contribution in [0, 0.1) is 5.92 Å². The normalized spacial score (nSPS) is 27.8. The molecule has 2 unspecified atom stereocenters. The van der Waals surface area contributed by atoms with Gasteiger partial charge >= 0.3 is 0 Å². The monoisotopic (exact) mass is 345 g/mol. The summed E-state index contributed by atoms with van der Waals surface area (Å²) in [5.74, 6) is 0.0355. The molecule has 4 nitrogen and oxygen atoms in total. The third-order valence-electron chi connectivity index (χ3n) is 4.79. The summed E-state index contributed by atoms with van der Waals surface area (Å²) in [4.78, 5) is 18.6. The van der Waals surface area contributed by atoms with E-state index < -0.39 is 0 Å². The van der Waals surface area contributed by atoms with Crippen molar-refractivity contribution in [3.63, 3.8) is 0 Å². The summed E-state index contributed by atoms with van der Waals surface area (Å²) in [7, 11) is 0. The van der Waals surface area contributed by atoms with Crippen LogP contribution >= 0.6 is 24.0 Å². The molecule has 3 aliphatic heterocycles. The van der Waals surface area contributed by atoms with Gasteiger partial charge in [0.2, 0.25) is 5.91 Å². The summed E-state index contributed by atoms with van der Waals surface area (Å²) in [6, 6.07) is 9.69. The summed E-state index contributed by atoms with van der Waals surface area (Å²) in [5.41, 5.74) is 2.17. The number of fused-ring (bicyclic) bond motifs is 2. The maximum Gasteiger partial charge on any atom is 0.243 e. The van der Waals surface area contributed by atoms with E-state index in [0.717, 1.165) is 31.7 Å². The topological polar surface area (TPSA) is 35.6 Å². The zero-order valence-corrected chi connectivity index (χ0v) is 14.6. The fraction of sp³-hybridized carbons (Fsp3) is 0.412. The highest BCUT2D eigenvalue weighted by Gasteiger charge is 2.48. The molecule has 1 N–H and O–H groups in total. The first kappa shape index (κ1) is 15.2. The molecule has 0 spiro atoms. The van der Waals surface area contributed by atoms with Crippen LogP contribution in [0.5, 0.6) is 0 Å². The van der Waals surface area contributed by atoms with Crippen molar-refractivity contribution in [1.29, 1.82) is 0 Å². The number of hydrogen-bond acceptors (Lipinski definition) is 4. The maximum atomic E-state index is 13.2. The Labute approximate surface area is 145 Å². The van der Waals surface area contributed by atoms with Gasteiger partial charge in [-0.1, -0.05) is 25.1 Å². The molecule has 3 aliphatic rings. The Hall–Kier alpha value is -1.37. The third-order valence-corrected chi connectivity index (χ3v) is 6.41. The Balaban J connectivity index is 1.66. The Morgan fingerprint density at radius 3 is 2.87 bits per heavy atom. The van der Waals surface area contributed by atoms with Crippen LogP contribution in [0.25, 0.3) is 0 Å². The maximum absolute atomic E-state index is 13.2. The molecule has 1 aromatic carbocycles. The Bertz CT molecular complexity index is 688. The van der Waals surface area contributed by atoms with Crippen molar-refractivity contribution in [3.05, 3.63) is 40.8 Å². The molecule has 0 aliphatic carbocycles. The van der Waals surface area contributed by atoms with E-state index in [1.807, 2.05) is 30.3 Å². The fourth-order valence-electron chi connectivity index (χ4n) is 3.56. The largest absolute Gasteiger partial charge is 0.349 e. The van der Waals surface area contributed by atoms with Gasteiger partial charge in [0.1, 0.15) is 0 Å². The van der Waals surface area contributed by atoms with Gasteiger partial charge in [-0.3, -0.25) is 14.6 Å². The smallest absolute Gasteiger partial charge is 0.243 e. The van der Waals surface area contributed by atoms with Crippen LogP contribution in [0.1, 0.15) is 13.3 Å². The molecule has 3 heterocycles. The minimum absolute atomic E-state index is 0.0665. The molecule has 0 aromatic heterocycles. The molecule has 0 radical (unpaired) electrons. The first-order chi connectivity index (χ1) is 11.2. The van der Waals surface area contributed by atoms with Crippen molar-refractivity contribution in [1.82, 2.24) is 10.2 Å². The quantitative estimate of drug-likeness (QED) is 0.834. The number of carbonyl (C=O) groups excluding carboxylic acids is 1. The molecule has 1 fully saturated rings. The number of anilines is 1. The SMILES string of the molecule is CCN1CCC2=C(C1)SC1NC(=S)N(c3ccccc3)C(=O)C21. The van der Waals surface area contributed by atoms with E-state index in [9.17, 15) is 4.79 Å². The van der Waals surface area contributed by atoms with E-state index in [1.165, 1.54) is 10.5 Å². The first-order valence-corrected chi connectivity index (χ1v) is 9.28. The second-order valence-electron chi connectivity index (χ2n) is 6.04. The number of para-hydroxylation sites is 1. The van der Waals surface area contributed by atoms with Crippen molar-refractivity contribution >= 4 is 40.7 Å². The molecule has 4 rings (SSSR count). The zero-order chi connectivity index (χ0) is 16.0. The second kappa shape index (κ2) is 5.92. The highest BCUT2D eigenvalue weighted by molar-refractivity contribution is 8.04. The molecule has 120 valence electrons. The molecular formula is C17H19N3OS2. The molecular weight excluding hydrogens is 326 g/mol. The number of carbonyl (C=O) groups is 1.